The number of nitrogens with one attached hydrogen (secondary N) is 3. The Kier molecular flexibility index (Phi) is 9.83. The smallest absolute Gasteiger partial charge is 0.408 e. The second kappa shape index (κ2) is 13.8. The number of alkyl carbamates (subject to hydrolysis) is 1. The van der Waals surface area contributed by atoms with Gasteiger partial charge in [0.25, 0.3) is 5.91 Å². The van der Waals surface area contributed by atoms with Crippen LogP contribution in [0.15, 0.2) is 48.7 Å². The molecule has 1 aromatic carbocycles. The summed E-state index contributed by atoms with van der Waals surface area (Å²) in [5.41, 5.74) is -2.31. The number of carbonyl (C=O) groups excluding carboxylic acids is 4. The highest BCUT2D eigenvalue weighted by atomic mass is 32.2. The third-order valence-corrected chi connectivity index (χ3v) is 11.3. The zero-order chi connectivity index (χ0) is 35.8. The van der Waals surface area contributed by atoms with Crippen LogP contribution < -0.4 is 20.1 Å². The summed E-state index contributed by atoms with van der Waals surface area (Å²) in [6.07, 6.45) is 6.57. The van der Waals surface area contributed by atoms with E-state index >= 15 is 0 Å². The molecule has 3 fully saturated rings. The highest BCUT2D eigenvalue weighted by molar-refractivity contribution is 7.91. The number of allylic oxidation sites excluding steroid dienone is 1. The van der Waals surface area contributed by atoms with Crippen molar-refractivity contribution in [1.29, 1.82) is 0 Å². The van der Waals surface area contributed by atoms with E-state index in [1.165, 1.54) is 4.90 Å². The standard InChI is InChI=1S/C35H46N6O8S/c1-34(2,3)49-33(45)37-27-21-40(4)17-9-5-6-11-23-19-35(23,32(44)39-50(46,47)25-13-14-25)38-29(42)28-18-24(20-41(28)31(27)43)48-30-26-12-8-7-10-22(26)15-16-36-30/h6-8,10-12,15-16,23-25,27-28H,5,9,13-14,17-21H2,1-4H3,(H,37,45)(H,38,42)(H,39,44)/b11-6-/t23?,24?,27-,28-,35+/m0/s1. The maximum Gasteiger partial charge on any atom is 0.408 e. The maximum atomic E-state index is 14.4. The molecule has 2 aromatic rings. The van der Waals surface area contributed by atoms with Crippen molar-refractivity contribution in [3.8, 4) is 5.88 Å². The van der Waals surface area contributed by atoms with Gasteiger partial charge < -0.3 is 29.9 Å². The third kappa shape index (κ3) is 8.04. The number of carbonyl (C=O) groups is 4. The largest absolute Gasteiger partial charge is 0.472 e. The van der Waals surface area contributed by atoms with Crippen molar-refractivity contribution in [1.82, 2.24) is 30.1 Å². The number of pyridine rings is 1. The molecule has 14 nitrogen and oxygen atoms in total. The number of sulfonamides is 1. The van der Waals surface area contributed by atoms with E-state index in [-0.39, 0.29) is 25.9 Å². The molecule has 3 N–H and O–H groups in total. The predicted octanol–water partition coefficient (Wildman–Crippen LogP) is 2.24. The number of nitrogens with zero attached hydrogens (tertiary/aromatic N) is 3. The van der Waals surface area contributed by atoms with E-state index in [0.29, 0.717) is 31.7 Å². The SMILES string of the molecule is CN1CCC/C=C\C2C[C@@]2(C(=O)NS(=O)(=O)C2CC2)NC(=O)[C@@H]2CC(Oc3nccc4ccccc34)CN2C(=O)[C@@H](NC(=O)OC(C)(C)C)C1. The monoisotopic (exact) mass is 710 g/mol. The van der Waals surface area contributed by atoms with Crippen LogP contribution in [0, 0.1) is 5.92 Å². The van der Waals surface area contributed by atoms with Crippen molar-refractivity contribution in [2.75, 3.05) is 26.7 Å². The van der Waals surface area contributed by atoms with E-state index in [4.69, 9.17) is 9.47 Å². The van der Waals surface area contributed by atoms with Crippen LogP contribution in [0.1, 0.15) is 59.3 Å². The van der Waals surface area contributed by atoms with Crippen LogP contribution in [0.5, 0.6) is 5.88 Å². The predicted molar refractivity (Wildman–Crippen MR) is 184 cm³/mol. The number of aromatic nitrogens is 1. The molecule has 1 aromatic heterocycles. The number of likely N-dealkylation sites (N-methyl/N-ethyl adjacent to an activating group) is 1. The Hall–Kier alpha value is -4.24. The highest BCUT2D eigenvalue weighted by Crippen LogP contribution is 2.46. The molecule has 5 atom stereocenters. The first kappa shape index (κ1) is 35.6. The van der Waals surface area contributed by atoms with Crippen LogP contribution in [-0.4, -0.2) is 108 Å². The van der Waals surface area contributed by atoms with Crippen molar-refractivity contribution in [2.24, 2.45) is 5.92 Å². The fraction of sp³-hybridized carbons (Fsp3) is 0.571. The quantitative estimate of drug-likeness (QED) is 0.377. The number of rotatable bonds is 6. The van der Waals surface area contributed by atoms with E-state index in [1.807, 2.05) is 54.4 Å². The Bertz CT molecular complexity index is 1790. The molecule has 3 heterocycles. The first-order valence-corrected chi connectivity index (χ1v) is 18.7. The van der Waals surface area contributed by atoms with E-state index in [9.17, 15) is 27.6 Å². The number of amides is 4. The fourth-order valence-electron chi connectivity index (χ4n) is 6.66. The Balaban J connectivity index is 1.32. The van der Waals surface area contributed by atoms with Crippen molar-refractivity contribution >= 4 is 44.6 Å². The van der Waals surface area contributed by atoms with Crippen LogP contribution in [0.4, 0.5) is 4.79 Å². The van der Waals surface area contributed by atoms with Crippen molar-refractivity contribution in [3.05, 3.63) is 48.7 Å². The zero-order valence-corrected chi connectivity index (χ0v) is 29.7. The topological polar surface area (TPSA) is 176 Å². The van der Waals surface area contributed by atoms with Crippen LogP contribution >= 0.6 is 0 Å². The first-order valence-electron chi connectivity index (χ1n) is 17.2. The molecule has 6 rings (SSSR count). The van der Waals surface area contributed by atoms with Crippen LogP contribution in [0.3, 0.4) is 0 Å². The molecule has 0 radical (unpaired) electrons. The summed E-state index contributed by atoms with van der Waals surface area (Å²) < 4.78 is 39.6. The van der Waals surface area contributed by atoms with Gasteiger partial charge in [-0.3, -0.25) is 19.1 Å². The maximum absolute atomic E-state index is 14.4. The lowest BCUT2D eigenvalue weighted by molar-refractivity contribution is -0.141. The summed E-state index contributed by atoms with van der Waals surface area (Å²) in [6, 6.07) is 7.25. The van der Waals surface area contributed by atoms with Crippen LogP contribution in [0.25, 0.3) is 10.8 Å². The van der Waals surface area contributed by atoms with Crippen molar-refractivity contribution in [3.63, 3.8) is 0 Å². The van der Waals surface area contributed by atoms with Gasteiger partial charge in [0.1, 0.15) is 29.3 Å². The Morgan fingerprint density at radius 2 is 1.86 bits per heavy atom. The molecule has 2 saturated carbocycles. The molecular formula is C35H46N6O8S. The molecule has 15 heteroatoms. The summed E-state index contributed by atoms with van der Waals surface area (Å²) >= 11 is 0. The Morgan fingerprint density at radius 3 is 2.60 bits per heavy atom. The van der Waals surface area contributed by atoms with Crippen molar-refractivity contribution in [2.45, 2.75) is 93.9 Å². The van der Waals surface area contributed by atoms with Gasteiger partial charge in [0.2, 0.25) is 27.7 Å². The van der Waals surface area contributed by atoms with Gasteiger partial charge in [0.15, 0.2) is 0 Å². The molecule has 4 amide bonds. The molecule has 2 aliphatic carbocycles. The van der Waals surface area contributed by atoms with Gasteiger partial charge in [-0.2, -0.15) is 0 Å². The number of hydrogen-bond acceptors (Lipinski definition) is 10. The minimum atomic E-state index is -3.88. The molecule has 50 heavy (non-hydrogen) atoms. The highest BCUT2D eigenvalue weighted by Gasteiger charge is 2.62. The number of hydrogen-bond donors (Lipinski definition) is 3. The summed E-state index contributed by atoms with van der Waals surface area (Å²) in [5, 5.41) is 6.64. The normalized spacial score (nSPS) is 28.7. The lowest BCUT2D eigenvalue weighted by Gasteiger charge is -2.32. The lowest BCUT2D eigenvalue weighted by Crippen LogP contribution is -2.59. The van der Waals surface area contributed by atoms with Crippen molar-refractivity contribution < 1.29 is 37.1 Å². The Labute approximate surface area is 292 Å². The molecule has 4 aliphatic rings. The average Bonchev–Trinajstić information content (AvgIpc) is 3.96. The van der Waals surface area contributed by atoms with Gasteiger partial charge in [-0.1, -0.05) is 30.4 Å². The number of ether oxygens (including phenoxy) is 2. The number of benzene rings is 1. The minimum absolute atomic E-state index is 0.00335. The Morgan fingerprint density at radius 1 is 1.10 bits per heavy atom. The van der Waals surface area contributed by atoms with Gasteiger partial charge >= 0.3 is 6.09 Å². The zero-order valence-electron chi connectivity index (χ0n) is 28.9. The lowest BCUT2D eigenvalue weighted by atomic mass is 10.1. The molecule has 2 unspecified atom stereocenters. The van der Waals surface area contributed by atoms with Crippen LogP contribution in [0.2, 0.25) is 0 Å². The molecule has 2 aliphatic heterocycles. The van der Waals surface area contributed by atoms with Gasteiger partial charge in [0.05, 0.1) is 11.8 Å². The second-order valence-electron chi connectivity index (χ2n) is 14.8. The molecule has 1 saturated heterocycles. The van der Waals surface area contributed by atoms with Gasteiger partial charge in [-0.25, -0.2) is 18.2 Å². The summed E-state index contributed by atoms with van der Waals surface area (Å²) in [6.45, 7) is 5.91. The van der Waals surface area contributed by atoms with E-state index in [2.05, 4.69) is 20.3 Å². The second-order valence-corrected chi connectivity index (χ2v) is 16.8. The van der Waals surface area contributed by atoms with E-state index < -0.39 is 74.3 Å². The summed E-state index contributed by atoms with van der Waals surface area (Å²) in [7, 11) is -2.03. The van der Waals surface area contributed by atoms with Gasteiger partial charge in [0, 0.05) is 30.5 Å². The number of fused-ring (bicyclic) bond motifs is 3. The first-order chi connectivity index (χ1) is 23.6. The molecule has 0 bridgehead atoms. The van der Waals surface area contributed by atoms with E-state index in [1.54, 1.807) is 27.0 Å². The summed E-state index contributed by atoms with van der Waals surface area (Å²) in [5.74, 6) is -2.01. The minimum Gasteiger partial charge on any atom is -0.472 e. The van der Waals surface area contributed by atoms with Crippen LogP contribution in [-0.2, 0) is 29.1 Å². The van der Waals surface area contributed by atoms with Gasteiger partial charge in [-0.15, -0.1) is 0 Å². The fourth-order valence-corrected chi connectivity index (χ4v) is 8.03. The average molecular weight is 711 g/mol. The molecule has 270 valence electrons. The summed E-state index contributed by atoms with van der Waals surface area (Å²) in [4.78, 5) is 63.1. The van der Waals surface area contributed by atoms with E-state index in [0.717, 1.165) is 17.2 Å². The third-order valence-electron chi connectivity index (χ3n) is 9.49. The molecule has 0 spiro atoms. The molecular weight excluding hydrogens is 664 g/mol. The van der Waals surface area contributed by atoms with Gasteiger partial charge in [-0.05, 0) is 84.0 Å².